The largest absolute Gasteiger partial charge is 0.388 e. The number of hydrogen-bond acceptors (Lipinski definition) is 2. The van der Waals surface area contributed by atoms with Crippen molar-refractivity contribution in [2.24, 2.45) is 5.41 Å². The Kier molecular flexibility index (Phi) is 3.55. The lowest BCUT2D eigenvalue weighted by Gasteiger charge is -2.38. The Hall–Kier alpha value is -1.35. The molecule has 3 nitrogen and oxygen atoms in total. The molecule has 1 aromatic carbocycles. The summed E-state index contributed by atoms with van der Waals surface area (Å²) in [6.07, 6.45) is 6.21. The van der Waals surface area contributed by atoms with Crippen molar-refractivity contribution in [3.05, 3.63) is 34.9 Å². The van der Waals surface area contributed by atoms with Crippen LogP contribution in [0.25, 0.3) is 0 Å². The molecule has 0 spiro atoms. The van der Waals surface area contributed by atoms with Gasteiger partial charge in [0.2, 0.25) is 0 Å². The Morgan fingerprint density at radius 3 is 2.75 bits per heavy atom. The van der Waals surface area contributed by atoms with Gasteiger partial charge in [-0.1, -0.05) is 38.3 Å². The van der Waals surface area contributed by atoms with E-state index in [1.54, 1.807) is 0 Å². The highest BCUT2D eigenvalue weighted by molar-refractivity contribution is 5.96. The van der Waals surface area contributed by atoms with Gasteiger partial charge >= 0.3 is 0 Å². The Labute approximate surface area is 120 Å². The molecule has 0 bridgehead atoms. The molecule has 1 aliphatic heterocycles. The minimum atomic E-state index is -0.470. The van der Waals surface area contributed by atoms with Gasteiger partial charge in [-0.15, -0.1) is 0 Å². The summed E-state index contributed by atoms with van der Waals surface area (Å²) >= 11 is 0. The molecule has 2 aliphatic rings. The quantitative estimate of drug-likeness (QED) is 0.870. The predicted octanol–water partition coefficient (Wildman–Crippen LogP) is 2.98. The molecule has 1 unspecified atom stereocenters. The molecule has 1 aliphatic carbocycles. The maximum absolute atomic E-state index is 11.9. The molecule has 0 radical (unpaired) electrons. The number of benzene rings is 1. The highest BCUT2D eigenvalue weighted by Gasteiger charge is 2.35. The Bertz CT molecular complexity index is 518. The average molecular weight is 273 g/mol. The number of fused-ring (bicyclic) bond motifs is 1. The summed E-state index contributed by atoms with van der Waals surface area (Å²) in [6.45, 7) is 2.89. The second-order valence-electron chi connectivity index (χ2n) is 6.54. The lowest BCUT2D eigenvalue weighted by Crippen LogP contribution is -2.33. The minimum absolute atomic E-state index is 0.00547. The van der Waals surface area contributed by atoms with Gasteiger partial charge < -0.3 is 10.4 Å². The molecule has 3 rings (SSSR count). The highest BCUT2D eigenvalue weighted by atomic mass is 16.3. The van der Waals surface area contributed by atoms with Gasteiger partial charge in [-0.05, 0) is 41.9 Å². The van der Waals surface area contributed by atoms with Gasteiger partial charge in [0.1, 0.15) is 0 Å². The minimum Gasteiger partial charge on any atom is -0.388 e. The molecule has 20 heavy (non-hydrogen) atoms. The number of carbonyl (C=O) groups is 1. The normalized spacial score (nSPS) is 22.8. The molecule has 1 aromatic rings. The van der Waals surface area contributed by atoms with E-state index in [1.807, 2.05) is 18.2 Å². The zero-order chi connectivity index (χ0) is 14.2. The summed E-state index contributed by atoms with van der Waals surface area (Å²) < 4.78 is 0. The van der Waals surface area contributed by atoms with Crippen LogP contribution in [0.2, 0.25) is 0 Å². The van der Waals surface area contributed by atoms with Gasteiger partial charge in [0.25, 0.3) is 5.91 Å². The second-order valence-corrected chi connectivity index (χ2v) is 6.54. The summed E-state index contributed by atoms with van der Waals surface area (Å²) in [5.41, 5.74) is 2.69. The molecule has 2 N–H and O–H groups in total. The molecule has 0 saturated heterocycles. The summed E-state index contributed by atoms with van der Waals surface area (Å²) in [4.78, 5) is 11.9. The molecule has 1 atom stereocenters. The molecule has 1 amide bonds. The lowest BCUT2D eigenvalue weighted by molar-refractivity contribution is 0.00813. The van der Waals surface area contributed by atoms with E-state index in [0.717, 1.165) is 36.0 Å². The van der Waals surface area contributed by atoms with Crippen LogP contribution in [-0.2, 0) is 6.42 Å². The summed E-state index contributed by atoms with van der Waals surface area (Å²) in [7, 11) is 0. The van der Waals surface area contributed by atoms with E-state index < -0.39 is 6.10 Å². The van der Waals surface area contributed by atoms with Gasteiger partial charge in [-0.3, -0.25) is 4.79 Å². The van der Waals surface area contributed by atoms with Gasteiger partial charge in [0.15, 0.2) is 0 Å². The molecule has 1 heterocycles. The topological polar surface area (TPSA) is 49.3 Å². The first-order chi connectivity index (χ1) is 9.60. The van der Waals surface area contributed by atoms with Gasteiger partial charge in [-0.25, -0.2) is 0 Å². The number of hydrogen-bond donors (Lipinski definition) is 2. The van der Waals surface area contributed by atoms with Crippen molar-refractivity contribution in [3.8, 4) is 0 Å². The fourth-order valence-electron chi connectivity index (χ4n) is 3.63. The van der Waals surface area contributed by atoms with Crippen LogP contribution in [0, 0.1) is 5.41 Å². The van der Waals surface area contributed by atoms with Crippen molar-refractivity contribution in [1.82, 2.24) is 5.32 Å². The third-order valence-electron chi connectivity index (χ3n) is 5.03. The number of carbonyl (C=O) groups excluding carboxylic acids is 1. The Morgan fingerprint density at radius 1 is 1.25 bits per heavy atom. The molecular formula is C17H23NO2. The smallest absolute Gasteiger partial charge is 0.251 e. The standard InChI is InChI=1S/C17H23NO2/c1-17(8-3-2-4-9-17)15(19)13-6-5-12-7-10-18-16(20)14(12)11-13/h5-6,11,15,19H,2-4,7-10H2,1H3,(H,18,20). The summed E-state index contributed by atoms with van der Waals surface area (Å²) in [6, 6.07) is 5.91. The van der Waals surface area contributed by atoms with E-state index in [4.69, 9.17) is 0 Å². The molecule has 3 heteroatoms. The van der Waals surface area contributed by atoms with Crippen LogP contribution in [0.4, 0.5) is 0 Å². The summed E-state index contributed by atoms with van der Waals surface area (Å²) in [5.74, 6) is -0.00547. The van der Waals surface area contributed by atoms with Crippen LogP contribution in [0.15, 0.2) is 18.2 Å². The first kappa shape index (κ1) is 13.6. The zero-order valence-corrected chi connectivity index (χ0v) is 12.1. The molecular weight excluding hydrogens is 250 g/mol. The molecule has 108 valence electrons. The monoisotopic (exact) mass is 273 g/mol. The van der Waals surface area contributed by atoms with Crippen molar-refractivity contribution in [3.63, 3.8) is 0 Å². The molecule has 1 saturated carbocycles. The fraction of sp³-hybridized carbons (Fsp3) is 0.588. The highest BCUT2D eigenvalue weighted by Crippen LogP contribution is 2.45. The van der Waals surface area contributed by atoms with Crippen LogP contribution in [0.1, 0.15) is 66.6 Å². The summed E-state index contributed by atoms with van der Waals surface area (Å²) in [5, 5.41) is 13.6. The second kappa shape index (κ2) is 5.21. The molecule has 0 aromatic heterocycles. The van der Waals surface area contributed by atoms with E-state index in [1.165, 1.54) is 19.3 Å². The fourth-order valence-corrected chi connectivity index (χ4v) is 3.63. The number of nitrogens with one attached hydrogen (secondary N) is 1. The Balaban J connectivity index is 1.90. The van der Waals surface area contributed by atoms with Crippen LogP contribution in [0.5, 0.6) is 0 Å². The van der Waals surface area contributed by atoms with Crippen LogP contribution in [-0.4, -0.2) is 17.6 Å². The third kappa shape index (κ3) is 2.35. The lowest BCUT2D eigenvalue weighted by atomic mass is 9.70. The van der Waals surface area contributed by atoms with Crippen LogP contribution in [0.3, 0.4) is 0 Å². The van der Waals surface area contributed by atoms with E-state index >= 15 is 0 Å². The van der Waals surface area contributed by atoms with Crippen LogP contribution >= 0.6 is 0 Å². The van der Waals surface area contributed by atoms with Crippen molar-refractivity contribution in [1.29, 1.82) is 0 Å². The van der Waals surface area contributed by atoms with E-state index in [-0.39, 0.29) is 11.3 Å². The number of aliphatic hydroxyl groups is 1. The maximum atomic E-state index is 11.9. The predicted molar refractivity (Wildman–Crippen MR) is 78.6 cm³/mol. The first-order valence-electron chi connectivity index (χ1n) is 7.69. The van der Waals surface area contributed by atoms with Gasteiger partial charge in [-0.2, -0.15) is 0 Å². The van der Waals surface area contributed by atoms with Crippen molar-refractivity contribution < 1.29 is 9.90 Å². The van der Waals surface area contributed by atoms with Gasteiger partial charge in [0, 0.05) is 12.1 Å². The number of rotatable bonds is 2. The van der Waals surface area contributed by atoms with Crippen molar-refractivity contribution >= 4 is 5.91 Å². The Morgan fingerprint density at radius 2 is 2.00 bits per heavy atom. The van der Waals surface area contributed by atoms with E-state index in [9.17, 15) is 9.90 Å². The SMILES string of the molecule is CC1(C(O)c2ccc3c(c2)C(=O)NCC3)CCCCC1. The van der Waals surface area contributed by atoms with Crippen LogP contribution < -0.4 is 5.32 Å². The zero-order valence-electron chi connectivity index (χ0n) is 12.1. The van der Waals surface area contributed by atoms with Crippen molar-refractivity contribution in [2.45, 2.75) is 51.6 Å². The third-order valence-corrected chi connectivity index (χ3v) is 5.03. The van der Waals surface area contributed by atoms with Gasteiger partial charge in [0.05, 0.1) is 6.10 Å². The average Bonchev–Trinajstić information content (AvgIpc) is 2.47. The molecule has 1 fully saturated rings. The van der Waals surface area contributed by atoms with Crippen molar-refractivity contribution in [2.75, 3.05) is 6.54 Å². The van der Waals surface area contributed by atoms with E-state index in [2.05, 4.69) is 12.2 Å². The first-order valence-corrected chi connectivity index (χ1v) is 7.69. The van der Waals surface area contributed by atoms with E-state index in [0.29, 0.717) is 6.54 Å². The maximum Gasteiger partial charge on any atom is 0.251 e. The number of amides is 1. The number of aliphatic hydroxyl groups excluding tert-OH is 1.